The van der Waals surface area contributed by atoms with Crippen LogP contribution in [0.15, 0.2) is 29.3 Å². The maximum atomic E-state index is 6.18. The molecule has 1 aliphatic rings. The Labute approximate surface area is 101 Å². The van der Waals surface area contributed by atoms with Crippen molar-refractivity contribution in [3.8, 4) is 0 Å². The van der Waals surface area contributed by atoms with Gasteiger partial charge in [-0.2, -0.15) is 0 Å². The van der Waals surface area contributed by atoms with Crippen LogP contribution in [0.2, 0.25) is 5.02 Å². The van der Waals surface area contributed by atoms with E-state index in [0.29, 0.717) is 12.5 Å². The van der Waals surface area contributed by atoms with Crippen LogP contribution in [-0.2, 0) is 4.74 Å². The minimum Gasteiger partial charge on any atom is -0.481 e. The molecule has 0 aromatic heterocycles. The largest absolute Gasteiger partial charge is 0.481 e. The molecule has 2 nitrogen and oxygen atoms in total. The zero-order valence-electron chi connectivity index (χ0n) is 9.45. The first-order chi connectivity index (χ1) is 7.81. The average molecular weight is 238 g/mol. The standard InChI is InChI=1S/C13H16ClNO/c1-2-16-13-8-7-10(9-15-13)11-5-3-4-6-12(11)14/h3-6,10H,2,7-9H2,1H3/t10-/m1/s1. The van der Waals surface area contributed by atoms with Crippen LogP contribution in [0.1, 0.15) is 31.2 Å². The van der Waals surface area contributed by atoms with Crippen molar-refractivity contribution < 1.29 is 4.74 Å². The van der Waals surface area contributed by atoms with E-state index in [9.17, 15) is 0 Å². The van der Waals surface area contributed by atoms with Gasteiger partial charge in [-0.15, -0.1) is 0 Å². The summed E-state index contributed by atoms with van der Waals surface area (Å²) < 4.78 is 5.41. The van der Waals surface area contributed by atoms with Crippen molar-refractivity contribution in [2.45, 2.75) is 25.7 Å². The van der Waals surface area contributed by atoms with Crippen molar-refractivity contribution in [2.24, 2.45) is 4.99 Å². The summed E-state index contributed by atoms with van der Waals surface area (Å²) in [4.78, 5) is 4.45. The first-order valence-electron chi connectivity index (χ1n) is 5.71. The molecule has 0 spiro atoms. The number of ether oxygens (including phenoxy) is 1. The van der Waals surface area contributed by atoms with Gasteiger partial charge in [0.15, 0.2) is 5.90 Å². The van der Waals surface area contributed by atoms with Gasteiger partial charge in [0, 0.05) is 23.9 Å². The molecule has 0 saturated heterocycles. The topological polar surface area (TPSA) is 21.6 Å². The molecule has 3 heteroatoms. The summed E-state index contributed by atoms with van der Waals surface area (Å²) in [7, 11) is 0. The first-order valence-corrected chi connectivity index (χ1v) is 6.09. The predicted octanol–water partition coefficient (Wildman–Crippen LogP) is 3.65. The van der Waals surface area contributed by atoms with Gasteiger partial charge in [0.2, 0.25) is 0 Å². The van der Waals surface area contributed by atoms with E-state index in [1.807, 2.05) is 25.1 Å². The van der Waals surface area contributed by atoms with Gasteiger partial charge in [0.25, 0.3) is 0 Å². The second-order valence-corrected chi connectivity index (χ2v) is 4.33. The van der Waals surface area contributed by atoms with E-state index in [4.69, 9.17) is 16.3 Å². The number of nitrogens with zero attached hydrogens (tertiary/aromatic N) is 1. The molecular formula is C13H16ClNO. The first kappa shape index (κ1) is 11.5. The number of benzene rings is 1. The highest BCUT2D eigenvalue weighted by atomic mass is 35.5. The van der Waals surface area contributed by atoms with E-state index in [0.717, 1.165) is 30.3 Å². The molecule has 1 atom stereocenters. The molecule has 0 aliphatic carbocycles. The second kappa shape index (κ2) is 5.35. The molecule has 0 N–H and O–H groups in total. The van der Waals surface area contributed by atoms with Crippen LogP contribution < -0.4 is 0 Å². The lowest BCUT2D eigenvalue weighted by atomic mass is 9.92. The van der Waals surface area contributed by atoms with E-state index in [-0.39, 0.29) is 0 Å². The molecule has 0 amide bonds. The third-order valence-electron chi connectivity index (χ3n) is 2.85. The Kier molecular flexibility index (Phi) is 3.83. The molecule has 1 aliphatic heterocycles. The van der Waals surface area contributed by atoms with Crippen LogP contribution >= 0.6 is 11.6 Å². The summed E-state index contributed by atoms with van der Waals surface area (Å²) in [5.74, 6) is 1.34. The molecule has 16 heavy (non-hydrogen) atoms. The van der Waals surface area contributed by atoms with Crippen LogP contribution in [0.25, 0.3) is 0 Å². The smallest absolute Gasteiger partial charge is 0.183 e. The molecule has 0 saturated carbocycles. The molecule has 0 fully saturated rings. The Morgan fingerprint density at radius 2 is 2.25 bits per heavy atom. The van der Waals surface area contributed by atoms with Crippen molar-refractivity contribution in [1.29, 1.82) is 0 Å². The molecule has 1 heterocycles. The van der Waals surface area contributed by atoms with Crippen LogP contribution in [0.5, 0.6) is 0 Å². The molecule has 0 unspecified atom stereocenters. The van der Waals surface area contributed by atoms with E-state index in [2.05, 4.69) is 11.1 Å². The fraction of sp³-hybridized carbons (Fsp3) is 0.462. The zero-order valence-corrected chi connectivity index (χ0v) is 10.2. The van der Waals surface area contributed by atoms with Crippen molar-refractivity contribution in [2.75, 3.05) is 13.2 Å². The summed E-state index contributed by atoms with van der Waals surface area (Å²) in [5, 5.41) is 0.850. The number of aliphatic imine (C=N–C) groups is 1. The molecular weight excluding hydrogens is 222 g/mol. The van der Waals surface area contributed by atoms with Crippen molar-refractivity contribution in [1.82, 2.24) is 0 Å². The fourth-order valence-corrected chi connectivity index (χ4v) is 2.31. The normalized spacial score (nSPS) is 20.4. The Balaban J connectivity index is 2.07. The Morgan fingerprint density at radius 3 is 2.88 bits per heavy atom. The minimum absolute atomic E-state index is 0.443. The van der Waals surface area contributed by atoms with Crippen LogP contribution in [0.3, 0.4) is 0 Å². The Morgan fingerprint density at radius 1 is 1.44 bits per heavy atom. The van der Waals surface area contributed by atoms with Gasteiger partial charge in [0.05, 0.1) is 6.61 Å². The van der Waals surface area contributed by atoms with E-state index < -0.39 is 0 Å². The maximum Gasteiger partial charge on any atom is 0.183 e. The molecule has 1 aromatic rings. The highest BCUT2D eigenvalue weighted by molar-refractivity contribution is 6.31. The van der Waals surface area contributed by atoms with Crippen LogP contribution in [0.4, 0.5) is 0 Å². The molecule has 0 bridgehead atoms. The van der Waals surface area contributed by atoms with Gasteiger partial charge in [-0.3, -0.25) is 4.99 Å². The summed E-state index contributed by atoms with van der Waals surface area (Å²) in [5.41, 5.74) is 1.21. The molecule has 0 radical (unpaired) electrons. The highest BCUT2D eigenvalue weighted by Gasteiger charge is 2.19. The van der Waals surface area contributed by atoms with E-state index in [1.54, 1.807) is 0 Å². The van der Waals surface area contributed by atoms with Gasteiger partial charge >= 0.3 is 0 Å². The van der Waals surface area contributed by atoms with Gasteiger partial charge < -0.3 is 4.74 Å². The average Bonchev–Trinajstić information content (AvgIpc) is 2.31. The Hall–Kier alpha value is -1.02. The number of halogens is 1. The third kappa shape index (κ3) is 2.56. The second-order valence-electron chi connectivity index (χ2n) is 3.92. The lowest BCUT2D eigenvalue weighted by Gasteiger charge is -2.22. The van der Waals surface area contributed by atoms with Crippen LogP contribution in [0, 0.1) is 0 Å². The summed E-state index contributed by atoms with van der Waals surface area (Å²) in [6.45, 7) is 3.48. The van der Waals surface area contributed by atoms with Crippen molar-refractivity contribution in [3.63, 3.8) is 0 Å². The number of hydrogen-bond acceptors (Lipinski definition) is 2. The summed E-state index contributed by atoms with van der Waals surface area (Å²) in [6.07, 6.45) is 1.99. The quantitative estimate of drug-likeness (QED) is 0.770. The number of hydrogen-bond donors (Lipinski definition) is 0. The minimum atomic E-state index is 0.443. The Bertz CT molecular complexity index is 389. The summed E-state index contributed by atoms with van der Waals surface area (Å²) >= 11 is 6.18. The van der Waals surface area contributed by atoms with E-state index in [1.165, 1.54) is 5.56 Å². The SMILES string of the molecule is CCOC1=NC[C@H](c2ccccc2Cl)CC1. The highest BCUT2D eigenvalue weighted by Crippen LogP contribution is 2.30. The van der Waals surface area contributed by atoms with Gasteiger partial charge in [-0.05, 0) is 25.0 Å². The van der Waals surface area contributed by atoms with Crippen LogP contribution in [-0.4, -0.2) is 19.0 Å². The van der Waals surface area contributed by atoms with Crippen molar-refractivity contribution in [3.05, 3.63) is 34.9 Å². The van der Waals surface area contributed by atoms with Gasteiger partial charge in [0.1, 0.15) is 0 Å². The number of rotatable bonds is 2. The lowest BCUT2D eigenvalue weighted by molar-refractivity contribution is 0.307. The maximum absolute atomic E-state index is 6.18. The monoisotopic (exact) mass is 237 g/mol. The van der Waals surface area contributed by atoms with Gasteiger partial charge in [-0.1, -0.05) is 29.8 Å². The molecule has 86 valence electrons. The van der Waals surface area contributed by atoms with Gasteiger partial charge in [-0.25, -0.2) is 0 Å². The summed E-state index contributed by atoms with van der Waals surface area (Å²) in [6, 6.07) is 8.03. The van der Waals surface area contributed by atoms with Crippen molar-refractivity contribution >= 4 is 17.5 Å². The molecule has 1 aromatic carbocycles. The lowest BCUT2D eigenvalue weighted by Crippen LogP contribution is -2.17. The molecule has 2 rings (SSSR count). The predicted molar refractivity (Wildman–Crippen MR) is 67.4 cm³/mol. The van der Waals surface area contributed by atoms with E-state index >= 15 is 0 Å². The zero-order chi connectivity index (χ0) is 11.4. The third-order valence-corrected chi connectivity index (χ3v) is 3.19. The fourth-order valence-electron chi connectivity index (χ4n) is 2.02.